The smallest absolute Gasteiger partial charge is 0.348 e. The third kappa shape index (κ3) is 3.03. The van der Waals surface area contributed by atoms with E-state index in [1.54, 1.807) is 0 Å². The van der Waals surface area contributed by atoms with Gasteiger partial charge in [0.15, 0.2) is 11.5 Å². The number of fused-ring (bicyclic) bond motifs is 1. The maximum Gasteiger partial charge on any atom is 0.420 e. The molecule has 2 aromatic heterocycles. The van der Waals surface area contributed by atoms with Gasteiger partial charge in [-0.05, 0) is 12.1 Å². The quantitative estimate of drug-likeness (QED) is 0.910. The Morgan fingerprint density at radius 1 is 1.33 bits per heavy atom. The number of aliphatic imine (C=N–C) groups is 1. The molecule has 3 rings (SSSR count). The van der Waals surface area contributed by atoms with Crippen molar-refractivity contribution in [3.05, 3.63) is 41.9 Å². The molecule has 124 valence electrons. The lowest BCUT2D eigenvalue weighted by Gasteiger charge is -2.10. The highest BCUT2D eigenvalue weighted by Gasteiger charge is 2.34. The van der Waals surface area contributed by atoms with Crippen LogP contribution in [0.5, 0.6) is 0 Å². The molecule has 0 spiro atoms. The highest BCUT2D eigenvalue weighted by atomic mass is 19.4. The van der Waals surface area contributed by atoms with Crippen molar-refractivity contribution >= 4 is 23.7 Å². The minimum absolute atomic E-state index is 0.118. The molecule has 1 aliphatic heterocycles. The first-order valence-corrected chi connectivity index (χ1v) is 6.80. The third-order valence-corrected chi connectivity index (χ3v) is 3.34. The molecule has 7 nitrogen and oxygen atoms in total. The molecule has 0 saturated carbocycles. The Kier molecular flexibility index (Phi) is 3.87. The lowest BCUT2D eigenvalue weighted by Crippen LogP contribution is -2.31. The second-order valence-corrected chi connectivity index (χ2v) is 4.95. The summed E-state index contributed by atoms with van der Waals surface area (Å²) in [6.07, 6.45) is 0.584. The average molecular weight is 337 g/mol. The van der Waals surface area contributed by atoms with E-state index < -0.39 is 29.5 Å². The van der Waals surface area contributed by atoms with Crippen LogP contribution in [0.2, 0.25) is 0 Å². The van der Waals surface area contributed by atoms with E-state index in [1.165, 1.54) is 30.6 Å². The number of nitrogens with one attached hydrogen (secondary N) is 1. The Hall–Kier alpha value is -3.04. The minimum atomic E-state index is -4.55. The van der Waals surface area contributed by atoms with Crippen molar-refractivity contribution in [2.45, 2.75) is 12.7 Å². The number of hydrogen-bond donors (Lipinski definition) is 1. The fraction of sp³-hybridized carbons (Fsp3) is 0.214. The van der Waals surface area contributed by atoms with Crippen molar-refractivity contribution in [2.24, 2.45) is 10.9 Å². The molecule has 3 heterocycles. The zero-order valence-electron chi connectivity index (χ0n) is 12.0. The van der Waals surface area contributed by atoms with Crippen LogP contribution >= 0.6 is 0 Å². The van der Waals surface area contributed by atoms with Gasteiger partial charge in [0.05, 0.1) is 12.5 Å². The lowest BCUT2D eigenvalue weighted by molar-refractivity contribution is -0.136. The molecule has 1 atom stereocenters. The molecule has 1 unspecified atom stereocenters. The molecular weight excluding hydrogens is 327 g/mol. The highest BCUT2D eigenvalue weighted by Crippen LogP contribution is 2.31. The van der Waals surface area contributed by atoms with Crippen LogP contribution in [0.25, 0.3) is 5.65 Å². The number of hydrogen-bond acceptors (Lipinski definition) is 4. The van der Waals surface area contributed by atoms with Gasteiger partial charge in [-0.25, -0.2) is 4.99 Å². The van der Waals surface area contributed by atoms with E-state index >= 15 is 0 Å². The average Bonchev–Trinajstić information content (AvgIpc) is 2.95. The van der Waals surface area contributed by atoms with Crippen molar-refractivity contribution in [1.82, 2.24) is 19.9 Å². The molecule has 10 heteroatoms. The van der Waals surface area contributed by atoms with Crippen LogP contribution in [0.15, 0.2) is 35.5 Å². The summed E-state index contributed by atoms with van der Waals surface area (Å²) in [4.78, 5) is 26.4. The largest absolute Gasteiger partial charge is 0.420 e. The molecule has 24 heavy (non-hydrogen) atoms. The molecule has 0 aliphatic carbocycles. The summed E-state index contributed by atoms with van der Waals surface area (Å²) in [7, 11) is 0. The molecule has 1 N–H and O–H groups in total. The predicted molar refractivity (Wildman–Crippen MR) is 76.0 cm³/mol. The Morgan fingerprint density at radius 2 is 2.12 bits per heavy atom. The summed E-state index contributed by atoms with van der Waals surface area (Å²) in [6, 6.07) is 2.14. The van der Waals surface area contributed by atoms with Crippen LogP contribution in [0, 0.1) is 5.92 Å². The zero-order valence-corrected chi connectivity index (χ0v) is 12.0. The highest BCUT2D eigenvalue weighted by molar-refractivity contribution is 6.05. The van der Waals surface area contributed by atoms with Crippen molar-refractivity contribution in [1.29, 1.82) is 0 Å². The van der Waals surface area contributed by atoms with Gasteiger partial charge in [-0.2, -0.15) is 13.2 Å². The van der Waals surface area contributed by atoms with Gasteiger partial charge in [-0.15, -0.1) is 10.2 Å². The van der Waals surface area contributed by atoms with Gasteiger partial charge in [0.25, 0.3) is 5.91 Å². The number of nitrogens with zero attached hydrogens (tertiary/aromatic N) is 4. The van der Waals surface area contributed by atoms with Gasteiger partial charge >= 0.3 is 6.18 Å². The van der Waals surface area contributed by atoms with Gasteiger partial charge in [0, 0.05) is 18.5 Å². The molecule has 2 aromatic rings. The second-order valence-electron chi connectivity index (χ2n) is 4.95. The number of carbonyl (C=O) groups excluding carboxylic acids is 2. The summed E-state index contributed by atoms with van der Waals surface area (Å²) < 4.78 is 39.9. The fourth-order valence-corrected chi connectivity index (χ4v) is 2.18. The van der Waals surface area contributed by atoms with E-state index in [1.807, 2.05) is 0 Å². The Morgan fingerprint density at radius 3 is 2.79 bits per heavy atom. The number of halogens is 3. The molecule has 0 saturated heterocycles. The molecule has 2 amide bonds. The van der Waals surface area contributed by atoms with Crippen LogP contribution in [0.3, 0.4) is 0 Å². The predicted octanol–water partition coefficient (Wildman–Crippen LogP) is 1.15. The van der Waals surface area contributed by atoms with Gasteiger partial charge in [-0.3, -0.25) is 14.0 Å². The van der Waals surface area contributed by atoms with E-state index in [2.05, 4.69) is 20.5 Å². The van der Waals surface area contributed by atoms with E-state index in [0.717, 1.165) is 10.5 Å². The van der Waals surface area contributed by atoms with Gasteiger partial charge in [-0.1, -0.05) is 6.08 Å². The summed E-state index contributed by atoms with van der Waals surface area (Å²) in [6.45, 7) is -0.118. The van der Waals surface area contributed by atoms with Crippen molar-refractivity contribution in [2.75, 3.05) is 0 Å². The summed E-state index contributed by atoms with van der Waals surface area (Å²) in [5, 5.41) is 9.76. The summed E-state index contributed by atoms with van der Waals surface area (Å²) in [5.74, 6) is -1.47. The first-order valence-electron chi connectivity index (χ1n) is 6.80. The van der Waals surface area contributed by atoms with E-state index in [9.17, 15) is 22.8 Å². The maximum atomic E-state index is 12.9. The standard InChI is InChI=1S/C14H10F3N5O2/c15-14(16,17)9-2-1-5-22-10(20-21-12(9)22)7-19-13(24)8-3-4-11(23)18-6-8/h1-6,8H,7H2,(H,19,24). The minimum Gasteiger partial charge on any atom is -0.348 e. The van der Waals surface area contributed by atoms with Crippen LogP contribution in [-0.2, 0) is 22.3 Å². The molecular formula is C14H10F3N5O2. The number of amides is 2. The SMILES string of the molecule is O=C1C=CC(C(=O)NCc2nnc3c(C(F)(F)F)cccn23)C=N1. The molecule has 0 bridgehead atoms. The van der Waals surface area contributed by atoms with Crippen LogP contribution in [0.4, 0.5) is 13.2 Å². The van der Waals surface area contributed by atoms with Crippen molar-refractivity contribution in [3.63, 3.8) is 0 Å². The number of pyridine rings is 1. The van der Waals surface area contributed by atoms with Gasteiger partial charge < -0.3 is 5.32 Å². The maximum absolute atomic E-state index is 12.9. The summed E-state index contributed by atoms with van der Waals surface area (Å²) in [5.41, 5.74) is -1.24. The normalized spacial score (nSPS) is 17.5. The van der Waals surface area contributed by atoms with E-state index in [4.69, 9.17) is 0 Å². The van der Waals surface area contributed by atoms with Crippen LogP contribution in [0.1, 0.15) is 11.4 Å². The first-order chi connectivity index (χ1) is 11.4. The van der Waals surface area contributed by atoms with Crippen molar-refractivity contribution in [3.8, 4) is 0 Å². The lowest BCUT2D eigenvalue weighted by atomic mass is 10.1. The van der Waals surface area contributed by atoms with E-state index in [-0.39, 0.29) is 18.0 Å². The Bertz CT molecular complexity index is 853. The Labute approximate surface area is 132 Å². The number of dihydropyridines is 1. The number of aromatic nitrogens is 3. The fourth-order valence-electron chi connectivity index (χ4n) is 2.18. The zero-order chi connectivity index (χ0) is 17.3. The van der Waals surface area contributed by atoms with E-state index in [0.29, 0.717) is 0 Å². The first kappa shape index (κ1) is 15.8. The number of alkyl halides is 3. The van der Waals surface area contributed by atoms with Gasteiger partial charge in [0.2, 0.25) is 5.91 Å². The van der Waals surface area contributed by atoms with Crippen molar-refractivity contribution < 1.29 is 22.8 Å². The van der Waals surface area contributed by atoms with Crippen LogP contribution in [-0.4, -0.2) is 32.6 Å². The second kappa shape index (κ2) is 5.87. The summed E-state index contributed by atoms with van der Waals surface area (Å²) >= 11 is 0. The molecule has 0 radical (unpaired) electrons. The molecule has 1 aliphatic rings. The van der Waals surface area contributed by atoms with Gasteiger partial charge in [0.1, 0.15) is 5.56 Å². The molecule has 0 aromatic carbocycles. The van der Waals surface area contributed by atoms with Crippen LogP contribution < -0.4 is 5.32 Å². The third-order valence-electron chi connectivity index (χ3n) is 3.34. The topological polar surface area (TPSA) is 88.7 Å². The number of carbonyl (C=O) groups is 2. The molecule has 0 fully saturated rings. The monoisotopic (exact) mass is 337 g/mol. The Balaban J connectivity index is 1.77. The number of rotatable bonds is 3.